The van der Waals surface area contributed by atoms with Gasteiger partial charge in [0.25, 0.3) is 0 Å². The van der Waals surface area contributed by atoms with Crippen molar-refractivity contribution in [2.45, 2.75) is 19.3 Å². The van der Waals surface area contributed by atoms with Crippen LogP contribution in [0, 0.1) is 0 Å². The van der Waals surface area contributed by atoms with Crippen LogP contribution in [0.5, 0.6) is 0 Å². The molecular formula is C14H11BrOS. The molecule has 0 atom stereocenters. The summed E-state index contributed by atoms with van der Waals surface area (Å²) in [5, 5.41) is 3.85. The SMILES string of the molecule is O=C(c1ccc2c(c1)CCC2)c1cscc1Br. The molecule has 86 valence electrons. The van der Waals surface area contributed by atoms with Crippen molar-refractivity contribution in [3.8, 4) is 0 Å². The van der Waals surface area contributed by atoms with Gasteiger partial charge in [-0.05, 0) is 52.4 Å². The summed E-state index contributed by atoms with van der Waals surface area (Å²) in [6.45, 7) is 0. The third kappa shape index (κ3) is 1.98. The lowest BCUT2D eigenvalue weighted by atomic mass is 10.0. The topological polar surface area (TPSA) is 17.1 Å². The molecule has 0 amide bonds. The minimum absolute atomic E-state index is 0.118. The third-order valence-electron chi connectivity index (χ3n) is 3.22. The average molecular weight is 307 g/mol. The van der Waals surface area contributed by atoms with Crippen molar-refractivity contribution in [2.24, 2.45) is 0 Å². The van der Waals surface area contributed by atoms with Crippen LogP contribution in [0.1, 0.15) is 33.5 Å². The number of ketones is 1. The van der Waals surface area contributed by atoms with Crippen molar-refractivity contribution in [3.63, 3.8) is 0 Å². The van der Waals surface area contributed by atoms with E-state index in [1.54, 1.807) is 11.3 Å². The quantitative estimate of drug-likeness (QED) is 0.759. The standard InChI is InChI=1S/C14H11BrOS/c15-13-8-17-7-12(13)14(16)11-5-4-9-2-1-3-10(9)6-11/h4-8H,1-3H2. The van der Waals surface area contributed by atoms with Crippen LogP contribution in [0.4, 0.5) is 0 Å². The van der Waals surface area contributed by atoms with Gasteiger partial charge in [-0.1, -0.05) is 12.1 Å². The van der Waals surface area contributed by atoms with Crippen LogP contribution in [-0.2, 0) is 12.8 Å². The first kappa shape index (κ1) is 11.2. The van der Waals surface area contributed by atoms with Gasteiger partial charge in [-0.25, -0.2) is 0 Å². The molecule has 3 heteroatoms. The molecule has 17 heavy (non-hydrogen) atoms. The van der Waals surface area contributed by atoms with Crippen molar-refractivity contribution in [1.82, 2.24) is 0 Å². The number of rotatable bonds is 2. The number of aryl methyl sites for hydroxylation is 2. The van der Waals surface area contributed by atoms with E-state index in [4.69, 9.17) is 0 Å². The summed E-state index contributed by atoms with van der Waals surface area (Å²) in [7, 11) is 0. The van der Waals surface area contributed by atoms with Crippen molar-refractivity contribution in [1.29, 1.82) is 0 Å². The molecular weight excluding hydrogens is 296 g/mol. The van der Waals surface area contributed by atoms with E-state index in [-0.39, 0.29) is 5.78 Å². The molecule has 1 aliphatic rings. The van der Waals surface area contributed by atoms with E-state index < -0.39 is 0 Å². The second-order valence-electron chi connectivity index (χ2n) is 4.30. The Morgan fingerprint density at radius 3 is 2.76 bits per heavy atom. The molecule has 0 saturated heterocycles. The van der Waals surface area contributed by atoms with Gasteiger partial charge in [-0.2, -0.15) is 11.3 Å². The van der Waals surface area contributed by atoms with Crippen LogP contribution in [-0.4, -0.2) is 5.78 Å². The van der Waals surface area contributed by atoms with Gasteiger partial charge in [0.2, 0.25) is 0 Å². The smallest absolute Gasteiger partial charge is 0.195 e. The highest BCUT2D eigenvalue weighted by Crippen LogP contribution is 2.27. The summed E-state index contributed by atoms with van der Waals surface area (Å²) in [6, 6.07) is 6.13. The molecule has 1 nitrogen and oxygen atoms in total. The van der Waals surface area contributed by atoms with Crippen LogP contribution in [0.15, 0.2) is 33.4 Å². The number of thiophene rings is 1. The Morgan fingerprint density at radius 1 is 1.18 bits per heavy atom. The summed E-state index contributed by atoms with van der Waals surface area (Å²) in [5.41, 5.74) is 4.34. The zero-order chi connectivity index (χ0) is 11.8. The Morgan fingerprint density at radius 2 is 2.00 bits per heavy atom. The Kier molecular flexibility index (Phi) is 2.89. The number of benzene rings is 1. The van der Waals surface area contributed by atoms with E-state index >= 15 is 0 Å². The molecule has 0 spiro atoms. The lowest BCUT2D eigenvalue weighted by molar-refractivity contribution is 0.103. The lowest BCUT2D eigenvalue weighted by Crippen LogP contribution is -2.01. The van der Waals surface area contributed by atoms with Crippen LogP contribution >= 0.6 is 27.3 Å². The fraction of sp³-hybridized carbons (Fsp3) is 0.214. The van der Waals surface area contributed by atoms with Crippen LogP contribution in [0.3, 0.4) is 0 Å². The number of halogens is 1. The number of hydrogen-bond donors (Lipinski definition) is 0. The molecule has 1 aromatic heterocycles. The third-order valence-corrected chi connectivity index (χ3v) is 4.92. The fourth-order valence-electron chi connectivity index (χ4n) is 2.31. The van der Waals surface area contributed by atoms with Gasteiger partial charge in [-0.15, -0.1) is 0 Å². The van der Waals surface area contributed by atoms with Crippen molar-refractivity contribution < 1.29 is 4.79 Å². The zero-order valence-electron chi connectivity index (χ0n) is 9.20. The first-order valence-electron chi connectivity index (χ1n) is 5.64. The molecule has 0 aliphatic heterocycles. The van der Waals surface area contributed by atoms with E-state index in [0.29, 0.717) is 0 Å². The molecule has 3 rings (SSSR count). The summed E-state index contributed by atoms with van der Waals surface area (Å²) in [6.07, 6.45) is 3.49. The molecule has 0 fully saturated rings. The summed E-state index contributed by atoms with van der Waals surface area (Å²) < 4.78 is 0.896. The largest absolute Gasteiger partial charge is 0.289 e. The van der Waals surface area contributed by atoms with Gasteiger partial charge < -0.3 is 0 Å². The second-order valence-corrected chi connectivity index (χ2v) is 5.90. The highest BCUT2D eigenvalue weighted by Gasteiger charge is 2.17. The van der Waals surface area contributed by atoms with Crippen LogP contribution < -0.4 is 0 Å². The van der Waals surface area contributed by atoms with Gasteiger partial charge in [-0.3, -0.25) is 4.79 Å². The van der Waals surface area contributed by atoms with E-state index in [1.807, 2.05) is 16.8 Å². The van der Waals surface area contributed by atoms with Gasteiger partial charge in [0, 0.05) is 26.4 Å². The molecule has 0 radical (unpaired) electrons. The normalized spacial score (nSPS) is 13.7. The summed E-state index contributed by atoms with van der Waals surface area (Å²) in [5.74, 6) is 0.118. The first-order chi connectivity index (χ1) is 8.25. The Labute approximate surface area is 113 Å². The van der Waals surface area contributed by atoms with Crippen molar-refractivity contribution in [2.75, 3.05) is 0 Å². The van der Waals surface area contributed by atoms with Gasteiger partial charge in [0.1, 0.15) is 0 Å². The predicted octanol–water partition coefficient (Wildman–Crippen LogP) is 4.23. The first-order valence-corrected chi connectivity index (χ1v) is 7.37. The maximum absolute atomic E-state index is 12.3. The molecule has 0 bridgehead atoms. The molecule has 1 heterocycles. The van der Waals surface area contributed by atoms with Gasteiger partial charge >= 0.3 is 0 Å². The second kappa shape index (κ2) is 4.39. The molecule has 0 N–H and O–H groups in total. The van der Waals surface area contributed by atoms with Crippen LogP contribution in [0.2, 0.25) is 0 Å². The minimum Gasteiger partial charge on any atom is -0.289 e. The van der Waals surface area contributed by atoms with E-state index in [9.17, 15) is 4.79 Å². The highest BCUT2D eigenvalue weighted by atomic mass is 79.9. The average Bonchev–Trinajstić information content (AvgIpc) is 2.95. The number of hydrogen-bond acceptors (Lipinski definition) is 2. The molecule has 2 aromatic rings. The predicted molar refractivity (Wildman–Crippen MR) is 73.9 cm³/mol. The maximum atomic E-state index is 12.3. The Balaban J connectivity index is 2.00. The molecule has 0 unspecified atom stereocenters. The van der Waals surface area contributed by atoms with E-state index in [1.165, 1.54) is 17.5 Å². The Bertz CT molecular complexity index is 586. The highest BCUT2D eigenvalue weighted by molar-refractivity contribution is 9.10. The number of carbonyl (C=O) groups excluding carboxylic acids is 1. The van der Waals surface area contributed by atoms with Crippen molar-refractivity contribution >= 4 is 33.0 Å². The lowest BCUT2D eigenvalue weighted by Gasteiger charge is -2.03. The molecule has 1 aliphatic carbocycles. The number of carbonyl (C=O) groups is 1. The summed E-state index contributed by atoms with van der Waals surface area (Å²) in [4.78, 5) is 12.3. The van der Waals surface area contributed by atoms with E-state index in [0.717, 1.165) is 28.4 Å². The maximum Gasteiger partial charge on any atom is 0.195 e. The number of fused-ring (bicyclic) bond motifs is 1. The monoisotopic (exact) mass is 306 g/mol. The van der Waals surface area contributed by atoms with Gasteiger partial charge in [0.05, 0.1) is 0 Å². The molecule has 0 saturated carbocycles. The minimum atomic E-state index is 0.118. The van der Waals surface area contributed by atoms with Crippen molar-refractivity contribution in [3.05, 3.63) is 55.7 Å². The Hall–Kier alpha value is -0.930. The fourth-order valence-corrected chi connectivity index (χ4v) is 3.77. The molecule has 1 aromatic carbocycles. The van der Waals surface area contributed by atoms with Crippen LogP contribution in [0.25, 0.3) is 0 Å². The zero-order valence-corrected chi connectivity index (χ0v) is 11.6. The summed E-state index contributed by atoms with van der Waals surface area (Å²) >= 11 is 4.96. The van der Waals surface area contributed by atoms with Gasteiger partial charge in [0.15, 0.2) is 5.78 Å². The van der Waals surface area contributed by atoms with E-state index in [2.05, 4.69) is 28.1 Å².